The van der Waals surface area contributed by atoms with Gasteiger partial charge in [-0.3, -0.25) is 0 Å². The molecule has 13 heavy (non-hydrogen) atoms. The van der Waals surface area contributed by atoms with E-state index in [1.54, 1.807) is 11.5 Å². The van der Waals surface area contributed by atoms with Gasteiger partial charge in [-0.15, -0.1) is 5.10 Å². The molecule has 1 N–H and O–H groups in total. The third-order valence-corrected chi connectivity index (χ3v) is 3.32. The molecule has 1 aromatic rings. The van der Waals surface area contributed by atoms with Crippen LogP contribution in [0.1, 0.15) is 49.2 Å². The van der Waals surface area contributed by atoms with Gasteiger partial charge in [0.15, 0.2) is 0 Å². The van der Waals surface area contributed by atoms with Crippen LogP contribution in [-0.4, -0.2) is 16.1 Å². The Bertz CT molecular complexity index is 276. The van der Waals surface area contributed by atoms with Gasteiger partial charge in [-0.2, -0.15) is 0 Å². The van der Waals surface area contributed by atoms with Crippen molar-refractivity contribution in [3.8, 4) is 0 Å². The summed E-state index contributed by atoms with van der Waals surface area (Å²) in [5, 5.41) is 7.67. The van der Waals surface area contributed by atoms with Crippen molar-refractivity contribution >= 4 is 11.5 Å². The third-order valence-electron chi connectivity index (χ3n) is 2.46. The summed E-state index contributed by atoms with van der Waals surface area (Å²) in [7, 11) is 0. The molecule has 1 unspecified atom stereocenters. The molecule has 2 rings (SSSR count). The first-order chi connectivity index (χ1) is 6.29. The lowest BCUT2D eigenvalue weighted by atomic mass is 10.1. The largest absolute Gasteiger partial charge is 0.309 e. The lowest BCUT2D eigenvalue weighted by molar-refractivity contribution is 0.640. The van der Waals surface area contributed by atoms with Gasteiger partial charge in [-0.05, 0) is 36.8 Å². The highest BCUT2D eigenvalue weighted by Crippen LogP contribution is 2.31. The van der Waals surface area contributed by atoms with Crippen LogP contribution in [0.4, 0.5) is 0 Å². The molecular weight excluding hydrogens is 182 g/mol. The van der Waals surface area contributed by atoms with E-state index in [0.29, 0.717) is 12.0 Å². The molecule has 1 aliphatic rings. The summed E-state index contributed by atoms with van der Waals surface area (Å²) in [6.45, 7) is 5.49. The van der Waals surface area contributed by atoms with E-state index in [1.807, 2.05) is 0 Å². The molecule has 2 heterocycles. The first-order valence-corrected chi connectivity index (χ1v) is 5.62. The quantitative estimate of drug-likeness (QED) is 0.789. The van der Waals surface area contributed by atoms with Crippen molar-refractivity contribution in [2.75, 3.05) is 6.54 Å². The van der Waals surface area contributed by atoms with Crippen LogP contribution >= 0.6 is 11.5 Å². The molecule has 0 amide bonds. The van der Waals surface area contributed by atoms with Crippen LogP contribution in [0, 0.1) is 0 Å². The highest BCUT2D eigenvalue weighted by molar-refractivity contribution is 7.05. The van der Waals surface area contributed by atoms with Crippen LogP contribution in [0.2, 0.25) is 0 Å². The summed E-state index contributed by atoms with van der Waals surface area (Å²) in [6, 6.07) is 0.525. The second kappa shape index (κ2) is 3.72. The number of hydrogen-bond donors (Lipinski definition) is 1. The van der Waals surface area contributed by atoms with Gasteiger partial charge >= 0.3 is 0 Å². The molecule has 0 aromatic carbocycles. The fourth-order valence-electron chi connectivity index (χ4n) is 1.75. The summed E-state index contributed by atoms with van der Waals surface area (Å²) < 4.78 is 4.04. The number of rotatable bonds is 2. The van der Waals surface area contributed by atoms with Crippen molar-refractivity contribution in [1.82, 2.24) is 14.9 Å². The smallest absolute Gasteiger partial charge is 0.0829 e. The van der Waals surface area contributed by atoms with Crippen LogP contribution in [0.25, 0.3) is 0 Å². The van der Waals surface area contributed by atoms with Gasteiger partial charge in [0.25, 0.3) is 0 Å². The maximum Gasteiger partial charge on any atom is 0.0829 e. The molecule has 1 fully saturated rings. The molecular formula is C9H15N3S. The van der Waals surface area contributed by atoms with Crippen LogP contribution in [0.15, 0.2) is 0 Å². The summed E-state index contributed by atoms with van der Waals surface area (Å²) in [5.74, 6) is 0.496. The lowest BCUT2D eigenvalue weighted by Gasteiger charge is -2.10. The zero-order valence-corrected chi connectivity index (χ0v) is 8.90. The maximum absolute atomic E-state index is 4.19. The maximum atomic E-state index is 4.19. The average molecular weight is 197 g/mol. The SMILES string of the molecule is CC(C)c1nnsc1C1CCCN1. The molecule has 0 saturated carbocycles. The minimum absolute atomic E-state index is 0.496. The summed E-state index contributed by atoms with van der Waals surface area (Å²) >= 11 is 1.55. The van der Waals surface area contributed by atoms with E-state index < -0.39 is 0 Å². The Morgan fingerprint density at radius 3 is 3.00 bits per heavy atom. The number of aromatic nitrogens is 2. The van der Waals surface area contributed by atoms with E-state index in [4.69, 9.17) is 0 Å². The van der Waals surface area contributed by atoms with Crippen LogP contribution in [0.5, 0.6) is 0 Å². The van der Waals surface area contributed by atoms with Gasteiger partial charge in [0, 0.05) is 6.04 Å². The van der Waals surface area contributed by atoms with Gasteiger partial charge < -0.3 is 5.32 Å². The van der Waals surface area contributed by atoms with Crippen molar-refractivity contribution in [2.24, 2.45) is 0 Å². The van der Waals surface area contributed by atoms with Crippen molar-refractivity contribution in [1.29, 1.82) is 0 Å². The van der Waals surface area contributed by atoms with Crippen molar-refractivity contribution in [3.05, 3.63) is 10.6 Å². The summed E-state index contributed by atoms with van der Waals surface area (Å²) in [4.78, 5) is 1.35. The third kappa shape index (κ3) is 1.74. The van der Waals surface area contributed by atoms with Crippen LogP contribution in [0.3, 0.4) is 0 Å². The van der Waals surface area contributed by atoms with E-state index in [1.165, 1.54) is 23.4 Å². The Hall–Kier alpha value is -0.480. The monoisotopic (exact) mass is 197 g/mol. The molecule has 1 saturated heterocycles. The predicted octanol–water partition coefficient (Wildman–Crippen LogP) is 2.09. The molecule has 0 radical (unpaired) electrons. The van der Waals surface area contributed by atoms with Crippen LogP contribution in [-0.2, 0) is 0 Å². The first kappa shape index (κ1) is 9.09. The summed E-state index contributed by atoms with van der Waals surface area (Å²) in [6.07, 6.45) is 2.52. The lowest BCUT2D eigenvalue weighted by Crippen LogP contribution is -2.13. The zero-order chi connectivity index (χ0) is 9.26. The Morgan fingerprint density at radius 1 is 1.54 bits per heavy atom. The minimum atomic E-state index is 0.496. The van der Waals surface area contributed by atoms with Crippen molar-refractivity contribution in [3.63, 3.8) is 0 Å². The number of nitrogens with one attached hydrogen (secondary N) is 1. The van der Waals surface area contributed by atoms with E-state index in [9.17, 15) is 0 Å². The Morgan fingerprint density at radius 2 is 2.38 bits per heavy atom. The fraction of sp³-hybridized carbons (Fsp3) is 0.778. The van der Waals surface area contributed by atoms with Gasteiger partial charge in [0.05, 0.1) is 10.6 Å². The standard InChI is InChI=1S/C9H15N3S/c1-6(2)8-9(13-12-11-8)7-4-3-5-10-7/h6-7,10H,3-5H2,1-2H3. The molecule has 72 valence electrons. The first-order valence-electron chi connectivity index (χ1n) is 4.84. The normalized spacial score (nSPS) is 22.8. The number of hydrogen-bond acceptors (Lipinski definition) is 4. The molecule has 0 spiro atoms. The molecule has 1 aromatic heterocycles. The topological polar surface area (TPSA) is 37.8 Å². The molecule has 1 aliphatic heterocycles. The minimum Gasteiger partial charge on any atom is -0.309 e. The highest BCUT2D eigenvalue weighted by Gasteiger charge is 2.23. The number of nitrogens with zero attached hydrogens (tertiary/aromatic N) is 2. The van der Waals surface area contributed by atoms with Crippen molar-refractivity contribution in [2.45, 2.75) is 38.6 Å². The average Bonchev–Trinajstić information content (AvgIpc) is 2.74. The van der Waals surface area contributed by atoms with E-state index >= 15 is 0 Å². The van der Waals surface area contributed by atoms with Gasteiger partial charge in [0.2, 0.25) is 0 Å². The molecule has 4 heteroatoms. The molecule has 3 nitrogen and oxygen atoms in total. The summed E-state index contributed by atoms with van der Waals surface area (Å²) in [5.41, 5.74) is 1.18. The second-order valence-corrected chi connectivity index (χ2v) is 4.61. The highest BCUT2D eigenvalue weighted by atomic mass is 32.1. The zero-order valence-electron chi connectivity index (χ0n) is 8.08. The van der Waals surface area contributed by atoms with Crippen molar-refractivity contribution < 1.29 is 0 Å². The predicted molar refractivity (Wildman–Crippen MR) is 54.0 cm³/mol. The van der Waals surface area contributed by atoms with Gasteiger partial charge in [-0.1, -0.05) is 18.3 Å². The molecule has 1 atom stereocenters. The Labute approximate surface area is 82.7 Å². The second-order valence-electron chi connectivity index (χ2n) is 3.83. The van der Waals surface area contributed by atoms with Crippen LogP contribution < -0.4 is 5.32 Å². The Balaban J connectivity index is 2.23. The molecule has 0 bridgehead atoms. The van der Waals surface area contributed by atoms with E-state index in [0.717, 1.165) is 6.54 Å². The van der Waals surface area contributed by atoms with E-state index in [2.05, 4.69) is 28.8 Å². The van der Waals surface area contributed by atoms with E-state index in [-0.39, 0.29) is 0 Å². The van der Waals surface area contributed by atoms with Gasteiger partial charge in [0.1, 0.15) is 0 Å². The fourth-order valence-corrected chi connectivity index (χ4v) is 2.67. The Kier molecular flexibility index (Phi) is 2.60. The molecule has 0 aliphatic carbocycles. The van der Waals surface area contributed by atoms with Gasteiger partial charge in [-0.25, -0.2) is 0 Å².